The first-order valence-corrected chi connectivity index (χ1v) is 10.4. The van der Waals surface area contributed by atoms with E-state index in [4.69, 9.17) is 4.98 Å². The largest absolute Gasteiger partial charge is 0.268 e. The van der Waals surface area contributed by atoms with Gasteiger partial charge < -0.3 is 0 Å². The molecule has 1 N–H and O–H groups in total. The Bertz CT molecular complexity index is 922. The van der Waals surface area contributed by atoms with Gasteiger partial charge in [0.15, 0.2) is 5.16 Å². The molecule has 0 spiro atoms. The molecule has 0 unspecified atom stereocenters. The number of para-hydroxylation sites is 2. The summed E-state index contributed by atoms with van der Waals surface area (Å²) in [5.74, 6) is 0.895. The standard InChI is InChI=1S/C21H26N4OS/c1-3-24(4-2)22-15-10-16-27-21-23-19-14-9-8-13-18(19)20(26)25(21)17-11-6-5-7-12-17/h5-9,11-14,22H,3-4,10,15-16H2,1-2H3. The number of thioether (sulfide) groups is 1. The van der Waals surface area contributed by atoms with Gasteiger partial charge in [-0.05, 0) is 30.7 Å². The fourth-order valence-electron chi connectivity index (χ4n) is 2.93. The molecule has 1 aromatic heterocycles. The lowest BCUT2D eigenvalue weighted by atomic mass is 10.2. The molecule has 0 saturated heterocycles. The van der Waals surface area contributed by atoms with Crippen molar-refractivity contribution in [2.24, 2.45) is 0 Å². The quantitative estimate of drug-likeness (QED) is 0.265. The van der Waals surface area contributed by atoms with Crippen molar-refractivity contribution in [1.29, 1.82) is 0 Å². The topological polar surface area (TPSA) is 50.2 Å². The normalized spacial score (nSPS) is 11.4. The second-order valence-electron chi connectivity index (χ2n) is 6.17. The van der Waals surface area contributed by atoms with Crippen molar-refractivity contribution in [2.75, 3.05) is 25.4 Å². The predicted octanol–water partition coefficient (Wildman–Crippen LogP) is 3.71. The highest BCUT2D eigenvalue weighted by atomic mass is 32.2. The van der Waals surface area contributed by atoms with Gasteiger partial charge in [0.2, 0.25) is 0 Å². The average Bonchev–Trinajstić information content (AvgIpc) is 2.71. The lowest BCUT2D eigenvalue weighted by Crippen LogP contribution is -2.38. The number of fused-ring (bicyclic) bond motifs is 1. The van der Waals surface area contributed by atoms with Crippen LogP contribution in [0.15, 0.2) is 64.5 Å². The third-order valence-electron chi connectivity index (χ3n) is 4.41. The number of hydrazine groups is 1. The molecule has 2 aromatic carbocycles. The van der Waals surface area contributed by atoms with Crippen molar-refractivity contribution < 1.29 is 0 Å². The van der Waals surface area contributed by atoms with Gasteiger partial charge in [-0.25, -0.2) is 9.99 Å². The summed E-state index contributed by atoms with van der Waals surface area (Å²) in [6, 6.07) is 17.3. The molecular formula is C21H26N4OS. The van der Waals surface area contributed by atoms with Crippen LogP contribution in [0.5, 0.6) is 0 Å². The summed E-state index contributed by atoms with van der Waals surface area (Å²) in [5.41, 5.74) is 5.01. The van der Waals surface area contributed by atoms with Crippen LogP contribution in [0.4, 0.5) is 0 Å². The maximum atomic E-state index is 13.1. The van der Waals surface area contributed by atoms with E-state index in [2.05, 4.69) is 24.3 Å². The Labute approximate surface area is 164 Å². The van der Waals surface area contributed by atoms with E-state index in [-0.39, 0.29) is 5.56 Å². The summed E-state index contributed by atoms with van der Waals surface area (Å²) in [4.78, 5) is 17.9. The van der Waals surface area contributed by atoms with Crippen molar-refractivity contribution in [2.45, 2.75) is 25.4 Å². The molecule has 1 heterocycles. The van der Waals surface area contributed by atoms with Gasteiger partial charge in [0.05, 0.1) is 16.6 Å². The SMILES string of the molecule is CCN(CC)NCCCSc1nc2ccccc2c(=O)n1-c1ccccc1. The zero-order valence-corrected chi connectivity index (χ0v) is 16.7. The van der Waals surface area contributed by atoms with E-state index >= 15 is 0 Å². The maximum Gasteiger partial charge on any atom is 0.266 e. The number of hydrogen-bond acceptors (Lipinski definition) is 5. The summed E-state index contributed by atoms with van der Waals surface area (Å²) in [7, 11) is 0. The zero-order chi connectivity index (χ0) is 19.1. The second-order valence-corrected chi connectivity index (χ2v) is 7.23. The monoisotopic (exact) mass is 382 g/mol. The number of benzene rings is 2. The van der Waals surface area contributed by atoms with Crippen LogP contribution in [0.3, 0.4) is 0 Å². The molecule has 0 saturated carbocycles. The molecular weight excluding hydrogens is 356 g/mol. The maximum absolute atomic E-state index is 13.1. The van der Waals surface area contributed by atoms with Gasteiger partial charge >= 0.3 is 0 Å². The highest BCUT2D eigenvalue weighted by Crippen LogP contribution is 2.21. The Hall–Kier alpha value is -2.15. The van der Waals surface area contributed by atoms with Crippen LogP contribution in [0, 0.1) is 0 Å². The zero-order valence-electron chi connectivity index (χ0n) is 15.9. The van der Waals surface area contributed by atoms with Gasteiger partial charge in [0.25, 0.3) is 5.56 Å². The van der Waals surface area contributed by atoms with Crippen molar-refractivity contribution in [1.82, 2.24) is 20.0 Å². The molecule has 0 bridgehead atoms. The number of rotatable bonds is 9. The molecule has 3 rings (SSSR count). The highest BCUT2D eigenvalue weighted by Gasteiger charge is 2.12. The lowest BCUT2D eigenvalue weighted by molar-refractivity contribution is 0.210. The number of hydrogen-bond donors (Lipinski definition) is 1. The first-order valence-electron chi connectivity index (χ1n) is 9.43. The molecule has 0 amide bonds. The van der Waals surface area contributed by atoms with Crippen molar-refractivity contribution in [3.8, 4) is 5.69 Å². The molecule has 3 aromatic rings. The van der Waals surface area contributed by atoms with Gasteiger partial charge in [-0.15, -0.1) is 0 Å². The fourth-order valence-corrected chi connectivity index (χ4v) is 3.89. The average molecular weight is 383 g/mol. The Balaban J connectivity index is 1.82. The minimum atomic E-state index is -0.0180. The van der Waals surface area contributed by atoms with Crippen molar-refractivity contribution in [3.63, 3.8) is 0 Å². The van der Waals surface area contributed by atoms with Crippen LogP contribution in [0.1, 0.15) is 20.3 Å². The minimum absolute atomic E-state index is 0.0180. The molecule has 5 nitrogen and oxygen atoms in total. The van der Waals surface area contributed by atoms with Gasteiger partial charge in [-0.1, -0.05) is 55.9 Å². The molecule has 6 heteroatoms. The Morgan fingerprint density at radius 3 is 2.48 bits per heavy atom. The molecule has 142 valence electrons. The Morgan fingerprint density at radius 1 is 1.04 bits per heavy atom. The summed E-state index contributed by atoms with van der Waals surface area (Å²) >= 11 is 1.63. The van der Waals surface area contributed by atoms with E-state index in [1.807, 2.05) is 54.6 Å². The van der Waals surface area contributed by atoms with E-state index in [0.717, 1.165) is 48.2 Å². The first-order chi connectivity index (χ1) is 13.2. The predicted molar refractivity (Wildman–Crippen MR) is 114 cm³/mol. The summed E-state index contributed by atoms with van der Waals surface area (Å²) in [6.07, 6.45) is 0.999. The molecule has 27 heavy (non-hydrogen) atoms. The van der Waals surface area contributed by atoms with Crippen molar-refractivity contribution in [3.05, 3.63) is 65.0 Å². The minimum Gasteiger partial charge on any atom is -0.268 e. The third kappa shape index (κ3) is 4.77. The Morgan fingerprint density at radius 2 is 1.74 bits per heavy atom. The highest BCUT2D eigenvalue weighted by molar-refractivity contribution is 7.99. The smallest absolute Gasteiger partial charge is 0.266 e. The van der Waals surface area contributed by atoms with Gasteiger partial charge in [0.1, 0.15) is 0 Å². The van der Waals surface area contributed by atoms with Crippen LogP contribution in [-0.4, -0.2) is 39.9 Å². The molecule has 0 aliphatic rings. The molecule has 0 fully saturated rings. The van der Waals surface area contributed by atoms with Gasteiger partial charge in [-0.2, -0.15) is 0 Å². The lowest BCUT2D eigenvalue weighted by Gasteiger charge is -2.19. The van der Waals surface area contributed by atoms with Crippen LogP contribution in [0.2, 0.25) is 0 Å². The number of aromatic nitrogens is 2. The van der Waals surface area contributed by atoms with Crippen LogP contribution < -0.4 is 11.0 Å². The first kappa shape index (κ1) is 19.6. The van der Waals surface area contributed by atoms with E-state index in [1.54, 1.807) is 16.3 Å². The number of nitrogens with one attached hydrogen (secondary N) is 1. The van der Waals surface area contributed by atoms with Crippen LogP contribution >= 0.6 is 11.8 Å². The molecule has 0 atom stereocenters. The van der Waals surface area contributed by atoms with E-state index in [9.17, 15) is 4.79 Å². The third-order valence-corrected chi connectivity index (χ3v) is 5.44. The summed E-state index contributed by atoms with van der Waals surface area (Å²) in [5, 5.41) is 3.58. The van der Waals surface area contributed by atoms with Crippen molar-refractivity contribution >= 4 is 22.7 Å². The summed E-state index contributed by atoms with van der Waals surface area (Å²) < 4.78 is 1.73. The number of nitrogens with zero attached hydrogens (tertiary/aromatic N) is 3. The van der Waals surface area contributed by atoms with Crippen LogP contribution in [-0.2, 0) is 0 Å². The molecule has 0 radical (unpaired) electrons. The van der Waals surface area contributed by atoms with E-state index < -0.39 is 0 Å². The summed E-state index contributed by atoms with van der Waals surface area (Å²) in [6.45, 7) is 7.18. The second kappa shape index (κ2) is 9.69. The van der Waals surface area contributed by atoms with E-state index in [0.29, 0.717) is 5.39 Å². The molecule has 0 aliphatic heterocycles. The molecule has 0 aliphatic carbocycles. The van der Waals surface area contributed by atoms with Crippen LogP contribution in [0.25, 0.3) is 16.6 Å². The fraction of sp³-hybridized carbons (Fsp3) is 0.333. The van der Waals surface area contributed by atoms with E-state index in [1.165, 1.54) is 0 Å². The Kier molecular flexibility index (Phi) is 7.04. The van der Waals surface area contributed by atoms with Gasteiger partial charge in [0, 0.05) is 25.4 Å². The van der Waals surface area contributed by atoms with Gasteiger partial charge in [-0.3, -0.25) is 14.8 Å².